The van der Waals surface area contributed by atoms with Crippen LogP contribution in [0.5, 0.6) is 0 Å². The molecular formula is C8H10NOS. The fourth-order valence-corrected chi connectivity index (χ4v) is 1.86. The SMILES string of the molecule is [c]1ccc(C2CNCCO2)s1. The molecule has 1 atom stereocenters. The molecule has 0 spiro atoms. The van der Waals surface area contributed by atoms with Crippen LogP contribution in [0.1, 0.15) is 11.0 Å². The fraction of sp³-hybridized carbons (Fsp3) is 0.500. The number of hydrogen-bond acceptors (Lipinski definition) is 3. The summed E-state index contributed by atoms with van der Waals surface area (Å²) in [5, 5.41) is 6.35. The number of nitrogens with one attached hydrogen (secondary N) is 1. The molecular weight excluding hydrogens is 158 g/mol. The van der Waals surface area contributed by atoms with Gasteiger partial charge in [-0.3, -0.25) is 0 Å². The van der Waals surface area contributed by atoms with E-state index in [2.05, 4.69) is 16.8 Å². The minimum atomic E-state index is 0.264. The molecule has 0 aliphatic carbocycles. The van der Waals surface area contributed by atoms with Crippen molar-refractivity contribution in [1.82, 2.24) is 5.32 Å². The summed E-state index contributed by atoms with van der Waals surface area (Å²) in [6.45, 7) is 2.74. The summed E-state index contributed by atoms with van der Waals surface area (Å²) in [6.07, 6.45) is 0.264. The third-order valence-corrected chi connectivity index (χ3v) is 2.63. The van der Waals surface area contributed by atoms with E-state index in [9.17, 15) is 0 Å². The van der Waals surface area contributed by atoms with E-state index in [1.165, 1.54) is 4.88 Å². The van der Waals surface area contributed by atoms with Crippen molar-refractivity contribution < 1.29 is 4.74 Å². The highest BCUT2D eigenvalue weighted by Gasteiger charge is 2.15. The topological polar surface area (TPSA) is 21.3 Å². The number of thiophene rings is 1. The second kappa shape index (κ2) is 3.34. The van der Waals surface area contributed by atoms with Crippen molar-refractivity contribution in [2.45, 2.75) is 6.10 Å². The van der Waals surface area contributed by atoms with Gasteiger partial charge in [0, 0.05) is 23.3 Å². The minimum Gasteiger partial charge on any atom is -0.370 e. The second-order valence-electron chi connectivity index (χ2n) is 2.52. The maximum absolute atomic E-state index is 5.55. The van der Waals surface area contributed by atoms with Crippen LogP contribution in [-0.2, 0) is 4.74 Å². The van der Waals surface area contributed by atoms with E-state index in [-0.39, 0.29) is 6.10 Å². The largest absolute Gasteiger partial charge is 0.370 e. The van der Waals surface area contributed by atoms with Crippen molar-refractivity contribution in [2.24, 2.45) is 0 Å². The van der Waals surface area contributed by atoms with Gasteiger partial charge in [-0.1, -0.05) is 0 Å². The van der Waals surface area contributed by atoms with E-state index in [0.29, 0.717) is 0 Å². The van der Waals surface area contributed by atoms with Crippen molar-refractivity contribution in [1.29, 1.82) is 0 Å². The van der Waals surface area contributed by atoms with Crippen LogP contribution in [0.3, 0.4) is 0 Å². The fourth-order valence-electron chi connectivity index (χ4n) is 1.17. The number of ether oxygens (including phenoxy) is 1. The molecule has 1 radical (unpaired) electrons. The lowest BCUT2D eigenvalue weighted by atomic mass is 10.2. The van der Waals surface area contributed by atoms with Crippen molar-refractivity contribution >= 4 is 11.3 Å². The van der Waals surface area contributed by atoms with Crippen LogP contribution in [0.4, 0.5) is 0 Å². The number of hydrogen-bond donors (Lipinski definition) is 1. The Bertz CT molecular complexity index is 204. The molecule has 3 heteroatoms. The van der Waals surface area contributed by atoms with Crippen molar-refractivity contribution in [3.05, 3.63) is 22.4 Å². The number of rotatable bonds is 1. The molecule has 2 rings (SSSR count). The second-order valence-corrected chi connectivity index (χ2v) is 3.43. The molecule has 2 nitrogen and oxygen atoms in total. The average molecular weight is 168 g/mol. The molecule has 1 fully saturated rings. The highest BCUT2D eigenvalue weighted by Crippen LogP contribution is 2.22. The molecule has 2 heterocycles. The molecule has 0 amide bonds. The predicted molar refractivity (Wildman–Crippen MR) is 44.7 cm³/mol. The molecule has 59 valence electrons. The monoisotopic (exact) mass is 168 g/mol. The zero-order chi connectivity index (χ0) is 7.52. The first-order chi connectivity index (χ1) is 5.47. The lowest BCUT2D eigenvalue weighted by molar-refractivity contribution is 0.0299. The molecule has 0 bridgehead atoms. The minimum absolute atomic E-state index is 0.264. The molecule has 1 N–H and O–H groups in total. The Labute approximate surface area is 70.2 Å². The summed E-state index contributed by atoms with van der Waals surface area (Å²) in [5.41, 5.74) is 0. The molecule has 1 unspecified atom stereocenters. The van der Waals surface area contributed by atoms with Gasteiger partial charge in [0.05, 0.1) is 6.61 Å². The molecule has 1 aliphatic rings. The van der Waals surface area contributed by atoms with E-state index in [0.717, 1.165) is 19.7 Å². The normalized spacial score (nSPS) is 25.3. The maximum atomic E-state index is 5.55. The summed E-state index contributed by atoms with van der Waals surface area (Å²) in [4.78, 5) is 1.28. The predicted octanol–water partition coefficient (Wildman–Crippen LogP) is 1.21. The quantitative estimate of drug-likeness (QED) is 0.680. The highest BCUT2D eigenvalue weighted by atomic mass is 32.1. The summed E-state index contributed by atoms with van der Waals surface area (Å²) in [5.74, 6) is 0. The van der Waals surface area contributed by atoms with Crippen molar-refractivity contribution in [2.75, 3.05) is 19.7 Å². The molecule has 0 saturated carbocycles. The smallest absolute Gasteiger partial charge is 0.104 e. The first-order valence-electron chi connectivity index (χ1n) is 3.75. The van der Waals surface area contributed by atoms with Crippen LogP contribution in [0.2, 0.25) is 0 Å². The van der Waals surface area contributed by atoms with Gasteiger partial charge in [-0.05, 0) is 12.1 Å². The summed E-state index contributed by atoms with van der Waals surface area (Å²) in [6, 6.07) is 4.01. The van der Waals surface area contributed by atoms with E-state index in [1.807, 2.05) is 6.07 Å². The lowest BCUT2D eigenvalue weighted by Gasteiger charge is -2.22. The zero-order valence-electron chi connectivity index (χ0n) is 6.17. The van der Waals surface area contributed by atoms with E-state index in [1.54, 1.807) is 11.3 Å². The third kappa shape index (κ3) is 1.61. The van der Waals surface area contributed by atoms with Crippen LogP contribution < -0.4 is 5.32 Å². The molecule has 1 aromatic heterocycles. The van der Waals surface area contributed by atoms with Gasteiger partial charge in [-0.15, -0.1) is 11.3 Å². The number of morpholine rings is 1. The zero-order valence-corrected chi connectivity index (χ0v) is 6.99. The first kappa shape index (κ1) is 7.28. The Morgan fingerprint density at radius 2 is 2.73 bits per heavy atom. The average Bonchev–Trinajstić information content (AvgIpc) is 2.58. The Balaban J connectivity index is 2.04. The van der Waals surface area contributed by atoms with Crippen LogP contribution in [0.15, 0.2) is 12.1 Å². The Morgan fingerprint density at radius 3 is 3.36 bits per heavy atom. The van der Waals surface area contributed by atoms with E-state index >= 15 is 0 Å². The van der Waals surface area contributed by atoms with E-state index in [4.69, 9.17) is 4.74 Å². The van der Waals surface area contributed by atoms with Gasteiger partial charge in [-0.25, -0.2) is 0 Å². The van der Waals surface area contributed by atoms with Gasteiger partial charge < -0.3 is 10.1 Å². The molecule has 1 aliphatic heterocycles. The molecule has 1 aromatic rings. The Morgan fingerprint density at radius 1 is 1.73 bits per heavy atom. The third-order valence-electron chi connectivity index (χ3n) is 1.74. The van der Waals surface area contributed by atoms with Gasteiger partial charge in [0.1, 0.15) is 6.10 Å². The molecule has 0 aromatic carbocycles. The summed E-state index contributed by atoms with van der Waals surface area (Å²) in [7, 11) is 0. The lowest BCUT2D eigenvalue weighted by Crippen LogP contribution is -2.32. The van der Waals surface area contributed by atoms with Gasteiger partial charge in [0.25, 0.3) is 0 Å². The maximum Gasteiger partial charge on any atom is 0.104 e. The molecule has 1 saturated heterocycles. The molecule has 11 heavy (non-hydrogen) atoms. The Kier molecular flexibility index (Phi) is 2.21. The van der Waals surface area contributed by atoms with Crippen molar-refractivity contribution in [3.8, 4) is 0 Å². The van der Waals surface area contributed by atoms with Gasteiger partial charge in [0.2, 0.25) is 0 Å². The Hall–Kier alpha value is -0.380. The van der Waals surface area contributed by atoms with Crippen molar-refractivity contribution in [3.63, 3.8) is 0 Å². The van der Waals surface area contributed by atoms with Crippen LogP contribution >= 0.6 is 11.3 Å². The van der Waals surface area contributed by atoms with Gasteiger partial charge in [-0.2, -0.15) is 0 Å². The highest BCUT2D eigenvalue weighted by molar-refractivity contribution is 7.09. The van der Waals surface area contributed by atoms with Crippen LogP contribution in [0.25, 0.3) is 0 Å². The van der Waals surface area contributed by atoms with Gasteiger partial charge in [0.15, 0.2) is 0 Å². The standard InChI is InChI=1S/C8H10NOS/c1-2-8(11-5-1)7-6-9-3-4-10-7/h1-2,7,9H,3-4,6H2. The van der Waals surface area contributed by atoms with Crippen LogP contribution in [-0.4, -0.2) is 19.7 Å². The van der Waals surface area contributed by atoms with Crippen LogP contribution in [0, 0.1) is 5.38 Å². The summed E-state index contributed by atoms with van der Waals surface area (Å²) >= 11 is 1.64. The first-order valence-corrected chi connectivity index (χ1v) is 4.56. The van der Waals surface area contributed by atoms with E-state index < -0.39 is 0 Å². The van der Waals surface area contributed by atoms with Gasteiger partial charge >= 0.3 is 0 Å². The summed E-state index contributed by atoms with van der Waals surface area (Å²) < 4.78 is 5.55.